The molecule has 0 fully saturated rings. The second-order valence-corrected chi connectivity index (χ2v) is 7.24. The van der Waals surface area contributed by atoms with Gasteiger partial charge in [-0.25, -0.2) is 4.98 Å². The first-order valence-electron chi connectivity index (χ1n) is 9.27. The first kappa shape index (κ1) is 19.2. The average Bonchev–Trinajstić information content (AvgIpc) is 3.08. The number of nitrogens with zero attached hydrogens (tertiary/aromatic N) is 3. The average molecular weight is 372 g/mol. The van der Waals surface area contributed by atoms with Gasteiger partial charge in [-0.05, 0) is 23.6 Å². The Labute approximate surface area is 160 Å². The molecule has 0 aliphatic carbocycles. The number of rotatable bonds is 7. The molecule has 2 aromatic rings. The van der Waals surface area contributed by atoms with Crippen LogP contribution >= 0.6 is 0 Å². The minimum atomic E-state index is -0.165. The summed E-state index contributed by atoms with van der Waals surface area (Å²) in [6.07, 6.45) is 1.85. The predicted molar refractivity (Wildman–Crippen MR) is 103 cm³/mol. The summed E-state index contributed by atoms with van der Waals surface area (Å²) in [5.74, 6) is 2.73. The third-order valence-electron chi connectivity index (χ3n) is 4.64. The predicted octanol–water partition coefficient (Wildman–Crippen LogP) is 2.30. The van der Waals surface area contributed by atoms with Gasteiger partial charge in [0.05, 0.1) is 20.8 Å². The summed E-state index contributed by atoms with van der Waals surface area (Å²) in [6.45, 7) is 8.55. The van der Waals surface area contributed by atoms with Crippen LogP contribution in [0.4, 0.5) is 0 Å². The van der Waals surface area contributed by atoms with Crippen LogP contribution in [0.5, 0.6) is 11.5 Å². The van der Waals surface area contributed by atoms with Crippen molar-refractivity contribution in [1.82, 2.24) is 19.8 Å². The van der Waals surface area contributed by atoms with Crippen molar-refractivity contribution in [1.29, 1.82) is 0 Å². The fourth-order valence-electron chi connectivity index (χ4n) is 3.35. The van der Waals surface area contributed by atoms with Gasteiger partial charge in [0.1, 0.15) is 11.5 Å². The number of fused-ring (bicyclic) bond motifs is 1. The maximum absolute atomic E-state index is 12.5. The molecule has 1 aliphatic heterocycles. The summed E-state index contributed by atoms with van der Waals surface area (Å²) in [7, 11) is 3.19. The maximum Gasteiger partial charge on any atom is 0.271 e. The first-order valence-corrected chi connectivity index (χ1v) is 9.27. The number of carbonyl (C=O) groups excluding carboxylic acids is 1. The molecule has 1 amide bonds. The Bertz CT molecular complexity index is 801. The summed E-state index contributed by atoms with van der Waals surface area (Å²) >= 11 is 0. The second-order valence-electron chi connectivity index (χ2n) is 7.24. The Balaban J connectivity index is 1.62. The normalized spacial score (nSPS) is 14.1. The Morgan fingerprint density at radius 1 is 1.22 bits per heavy atom. The molecule has 1 aromatic carbocycles. The van der Waals surface area contributed by atoms with Crippen molar-refractivity contribution in [2.24, 2.45) is 5.92 Å². The maximum atomic E-state index is 12.5. The first-order chi connectivity index (χ1) is 13.0. The molecule has 0 bridgehead atoms. The number of benzene rings is 1. The lowest BCUT2D eigenvalue weighted by molar-refractivity contribution is 0.0946. The van der Waals surface area contributed by atoms with Crippen LogP contribution in [-0.4, -0.2) is 47.7 Å². The lowest BCUT2D eigenvalue weighted by Gasteiger charge is -2.28. The molecule has 7 heteroatoms. The van der Waals surface area contributed by atoms with Crippen molar-refractivity contribution in [2.45, 2.75) is 33.5 Å². The number of carbonyl (C=O) groups is 1. The molecule has 0 radical (unpaired) electrons. The minimum Gasteiger partial charge on any atom is -0.493 e. The fraction of sp³-hybridized carbons (Fsp3) is 0.500. The Kier molecular flexibility index (Phi) is 6.01. The van der Waals surface area contributed by atoms with Crippen molar-refractivity contribution in [3.05, 3.63) is 41.5 Å². The second kappa shape index (κ2) is 8.43. The number of ether oxygens (including phenoxy) is 2. The number of amides is 1. The van der Waals surface area contributed by atoms with E-state index in [9.17, 15) is 4.79 Å². The van der Waals surface area contributed by atoms with Gasteiger partial charge in [-0.2, -0.15) is 0 Å². The van der Waals surface area contributed by atoms with E-state index >= 15 is 0 Å². The number of hydrogen-bond donors (Lipinski definition) is 1. The standard InChI is InChI=1S/C20H28N4O3/c1-14(2)11-23-7-8-24-12-16(22-19(24)13-23)20(25)21-10-15-5-6-17(26-3)18(9-15)27-4/h5-6,9,12,14H,7-8,10-11,13H2,1-4H3,(H,21,25). The molecule has 27 heavy (non-hydrogen) atoms. The van der Waals surface area contributed by atoms with E-state index in [-0.39, 0.29) is 5.91 Å². The van der Waals surface area contributed by atoms with Gasteiger partial charge in [-0.3, -0.25) is 9.69 Å². The summed E-state index contributed by atoms with van der Waals surface area (Å²) in [6, 6.07) is 5.60. The lowest BCUT2D eigenvalue weighted by Crippen LogP contribution is -2.35. The zero-order valence-electron chi connectivity index (χ0n) is 16.5. The molecule has 1 aliphatic rings. The zero-order chi connectivity index (χ0) is 19.4. The Morgan fingerprint density at radius 3 is 2.70 bits per heavy atom. The number of hydrogen-bond acceptors (Lipinski definition) is 5. The van der Waals surface area contributed by atoms with E-state index in [0.29, 0.717) is 29.7 Å². The van der Waals surface area contributed by atoms with Crippen LogP contribution in [0, 0.1) is 5.92 Å². The summed E-state index contributed by atoms with van der Waals surface area (Å²) in [5.41, 5.74) is 1.41. The van der Waals surface area contributed by atoms with Crippen LogP contribution in [0.1, 0.15) is 35.7 Å². The molecule has 0 saturated carbocycles. The van der Waals surface area contributed by atoms with Crippen molar-refractivity contribution < 1.29 is 14.3 Å². The van der Waals surface area contributed by atoms with E-state index in [1.54, 1.807) is 14.2 Å². The van der Waals surface area contributed by atoms with Gasteiger partial charge >= 0.3 is 0 Å². The Hall–Kier alpha value is -2.54. The monoisotopic (exact) mass is 372 g/mol. The molecular formula is C20H28N4O3. The van der Waals surface area contributed by atoms with Gasteiger partial charge in [0, 0.05) is 32.4 Å². The smallest absolute Gasteiger partial charge is 0.271 e. The van der Waals surface area contributed by atoms with Gasteiger partial charge < -0.3 is 19.4 Å². The van der Waals surface area contributed by atoms with E-state index in [1.807, 2.05) is 24.4 Å². The highest BCUT2D eigenvalue weighted by Crippen LogP contribution is 2.27. The summed E-state index contributed by atoms with van der Waals surface area (Å²) in [4.78, 5) is 19.4. The van der Waals surface area contributed by atoms with E-state index in [4.69, 9.17) is 9.47 Å². The molecule has 7 nitrogen and oxygen atoms in total. The molecule has 146 valence electrons. The van der Waals surface area contributed by atoms with Crippen LogP contribution < -0.4 is 14.8 Å². The van der Waals surface area contributed by atoms with Gasteiger partial charge in [0.2, 0.25) is 0 Å². The zero-order valence-corrected chi connectivity index (χ0v) is 16.5. The molecule has 1 N–H and O–H groups in total. The number of aromatic nitrogens is 2. The highest BCUT2D eigenvalue weighted by molar-refractivity contribution is 5.92. The molecule has 0 spiro atoms. The van der Waals surface area contributed by atoms with Gasteiger partial charge in [0.15, 0.2) is 11.5 Å². The third kappa shape index (κ3) is 4.60. The molecule has 0 saturated heterocycles. The number of methoxy groups -OCH3 is 2. The van der Waals surface area contributed by atoms with Crippen LogP contribution in [-0.2, 0) is 19.6 Å². The van der Waals surface area contributed by atoms with E-state index in [2.05, 4.69) is 33.6 Å². The molecule has 3 rings (SSSR count). The molecule has 1 aromatic heterocycles. The molecular weight excluding hydrogens is 344 g/mol. The fourth-order valence-corrected chi connectivity index (χ4v) is 3.35. The van der Waals surface area contributed by atoms with Gasteiger partial charge in [0.25, 0.3) is 5.91 Å². The molecule has 0 atom stereocenters. The minimum absolute atomic E-state index is 0.165. The van der Waals surface area contributed by atoms with Crippen LogP contribution in [0.3, 0.4) is 0 Å². The number of imidazole rings is 1. The lowest BCUT2D eigenvalue weighted by atomic mass is 10.2. The van der Waals surface area contributed by atoms with Crippen molar-refractivity contribution in [3.63, 3.8) is 0 Å². The Morgan fingerprint density at radius 2 is 2.00 bits per heavy atom. The van der Waals surface area contributed by atoms with Crippen LogP contribution in [0.2, 0.25) is 0 Å². The molecule has 2 heterocycles. The van der Waals surface area contributed by atoms with Gasteiger partial charge in [-0.1, -0.05) is 19.9 Å². The van der Waals surface area contributed by atoms with E-state index in [1.165, 1.54) is 0 Å². The summed E-state index contributed by atoms with van der Waals surface area (Å²) in [5, 5.41) is 2.93. The van der Waals surface area contributed by atoms with Crippen LogP contribution in [0.25, 0.3) is 0 Å². The van der Waals surface area contributed by atoms with E-state index in [0.717, 1.165) is 37.6 Å². The van der Waals surface area contributed by atoms with Crippen LogP contribution in [0.15, 0.2) is 24.4 Å². The molecule has 0 unspecified atom stereocenters. The highest BCUT2D eigenvalue weighted by Gasteiger charge is 2.21. The van der Waals surface area contributed by atoms with Gasteiger partial charge in [-0.15, -0.1) is 0 Å². The van der Waals surface area contributed by atoms with Crippen molar-refractivity contribution in [2.75, 3.05) is 27.3 Å². The van der Waals surface area contributed by atoms with Crippen molar-refractivity contribution in [3.8, 4) is 11.5 Å². The SMILES string of the molecule is COc1ccc(CNC(=O)c2cn3c(n2)CN(CC(C)C)CC3)cc1OC. The highest BCUT2D eigenvalue weighted by atomic mass is 16.5. The van der Waals surface area contributed by atoms with E-state index < -0.39 is 0 Å². The largest absolute Gasteiger partial charge is 0.493 e. The number of nitrogens with one attached hydrogen (secondary N) is 1. The van der Waals surface area contributed by atoms with Crippen molar-refractivity contribution >= 4 is 5.91 Å². The third-order valence-corrected chi connectivity index (χ3v) is 4.64. The summed E-state index contributed by atoms with van der Waals surface area (Å²) < 4.78 is 12.6. The quantitative estimate of drug-likeness (QED) is 0.808. The topological polar surface area (TPSA) is 68.6 Å².